The second kappa shape index (κ2) is 18.8. The Bertz CT molecular complexity index is 1850. The maximum Gasteiger partial charge on any atom is 0.387 e. The molecule has 1 saturated heterocycles. The SMILES string of the molecule is COc1ccc(C(=O)SCC(=O)O[C@@H](Cc2c(Cl)c[nH+]cc2Cl)c2ccc(OC(F)F)c(OCC3CC3)c2)cc1N(CCN1CCOCC1)S(C)(=O)=O. The van der Waals surface area contributed by atoms with E-state index in [1.807, 2.05) is 0 Å². The van der Waals surface area contributed by atoms with Gasteiger partial charge in [0.15, 0.2) is 23.9 Å². The molecule has 18 heteroatoms. The highest BCUT2D eigenvalue weighted by Gasteiger charge is 2.28. The number of morpholine rings is 1. The number of aromatic amines is 1. The summed E-state index contributed by atoms with van der Waals surface area (Å²) in [6.45, 7) is 0.210. The van der Waals surface area contributed by atoms with Crippen molar-refractivity contribution < 1.29 is 55.5 Å². The van der Waals surface area contributed by atoms with E-state index in [1.54, 1.807) is 0 Å². The van der Waals surface area contributed by atoms with Crippen LogP contribution in [0.1, 0.15) is 40.4 Å². The Morgan fingerprint density at radius 2 is 1.75 bits per heavy atom. The molecule has 288 valence electrons. The number of anilines is 1. The normalized spacial score (nSPS) is 15.5. The van der Waals surface area contributed by atoms with Crippen LogP contribution in [-0.2, 0) is 30.7 Å². The van der Waals surface area contributed by atoms with Crippen LogP contribution in [-0.4, -0.2) is 96.1 Å². The molecule has 0 amide bonds. The molecule has 53 heavy (non-hydrogen) atoms. The first-order valence-electron chi connectivity index (χ1n) is 16.7. The molecule has 0 spiro atoms. The van der Waals surface area contributed by atoms with Gasteiger partial charge in [-0.2, -0.15) is 8.78 Å². The van der Waals surface area contributed by atoms with E-state index in [0.717, 1.165) is 19.1 Å². The van der Waals surface area contributed by atoms with Crippen LogP contribution in [0.25, 0.3) is 0 Å². The standard InChI is InChI=1S/C35H39Cl2F2N3O9S2/c1-47-29-7-6-24(15-28(29)42(53(2,45)46)10-9-41-11-13-48-14-12-41)34(44)52-21-33(43)50-31(17-25-26(36)18-40-19-27(25)37)23-5-8-30(51-35(38)39)32(16-23)49-20-22-3-4-22/h5-8,15-16,18-19,22,31,35H,3-4,9-14,17,20-21H2,1-2H3/p+1/t31-/m0/s1. The number of methoxy groups -OCH3 is 1. The number of hydrogen-bond donors (Lipinski definition) is 0. The Balaban J connectivity index is 1.33. The molecule has 1 aliphatic heterocycles. The van der Waals surface area contributed by atoms with E-state index in [1.165, 1.54) is 60.2 Å². The van der Waals surface area contributed by atoms with Gasteiger partial charge < -0.3 is 23.7 Å². The van der Waals surface area contributed by atoms with Crippen molar-refractivity contribution in [1.29, 1.82) is 0 Å². The van der Waals surface area contributed by atoms with Crippen LogP contribution in [0.15, 0.2) is 48.8 Å². The number of sulfonamides is 1. The summed E-state index contributed by atoms with van der Waals surface area (Å²) in [5.41, 5.74) is 1.17. The maximum atomic E-state index is 13.4. The molecule has 0 bridgehead atoms. The summed E-state index contributed by atoms with van der Waals surface area (Å²) in [7, 11) is -2.38. The van der Waals surface area contributed by atoms with Gasteiger partial charge in [-0.15, -0.1) is 0 Å². The molecule has 2 heterocycles. The quantitative estimate of drug-likeness (QED) is 0.146. The number of H-pyrrole nitrogens is 1. The van der Waals surface area contributed by atoms with Gasteiger partial charge in [0.1, 0.15) is 21.9 Å². The van der Waals surface area contributed by atoms with Crippen LogP contribution in [0, 0.1) is 5.92 Å². The second-order valence-corrected chi connectivity index (χ2v) is 16.1. The number of nitrogens with zero attached hydrogens (tertiary/aromatic N) is 2. The lowest BCUT2D eigenvalue weighted by Gasteiger charge is -2.30. The fourth-order valence-corrected chi connectivity index (χ4v) is 7.60. The minimum absolute atomic E-state index is 0.00142. The van der Waals surface area contributed by atoms with Gasteiger partial charge >= 0.3 is 12.6 Å². The minimum atomic E-state index is -3.78. The van der Waals surface area contributed by atoms with Gasteiger partial charge in [0.2, 0.25) is 15.1 Å². The highest BCUT2D eigenvalue weighted by atomic mass is 35.5. The number of pyridine rings is 1. The number of hydrogen-bond acceptors (Lipinski definition) is 11. The first-order valence-corrected chi connectivity index (χ1v) is 20.3. The fraction of sp³-hybridized carbons (Fsp3) is 0.457. The van der Waals surface area contributed by atoms with Crippen molar-refractivity contribution in [3.63, 3.8) is 0 Å². The molecule has 2 aliphatic rings. The summed E-state index contributed by atoms with van der Waals surface area (Å²) < 4.78 is 80.7. The first-order chi connectivity index (χ1) is 25.3. The lowest BCUT2D eigenvalue weighted by atomic mass is 10.0. The Hall–Kier alpha value is -3.41. The van der Waals surface area contributed by atoms with E-state index in [0.29, 0.717) is 68.3 Å². The van der Waals surface area contributed by atoms with Gasteiger partial charge in [0.25, 0.3) is 0 Å². The molecule has 5 rings (SSSR count). The van der Waals surface area contributed by atoms with Crippen LogP contribution >= 0.6 is 35.0 Å². The predicted molar refractivity (Wildman–Crippen MR) is 196 cm³/mol. The number of carbonyl (C=O) groups is 2. The van der Waals surface area contributed by atoms with Crippen molar-refractivity contribution in [1.82, 2.24) is 4.90 Å². The third kappa shape index (κ3) is 11.8. The van der Waals surface area contributed by atoms with Gasteiger partial charge in [0.05, 0.1) is 44.6 Å². The van der Waals surface area contributed by atoms with Crippen LogP contribution in [0.2, 0.25) is 10.0 Å². The van der Waals surface area contributed by atoms with Crippen LogP contribution < -0.4 is 23.5 Å². The number of esters is 1. The summed E-state index contributed by atoms with van der Waals surface area (Å²) >= 11 is 13.5. The number of rotatable bonds is 18. The molecule has 12 nitrogen and oxygen atoms in total. The summed E-state index contributed by atoms with van der Waals surface area (Å²) in [5.74, 6) is -0.732. The molecule has 2 aromatic carbocycles. The van der Waals surface area contributed by atoms with Gasteiger partial charge in [-0.3, -0.25) is 18.8 Å². The highest BCUT2D eigenvalue weighted by Crippen LogP contribution is 2.38. The molecule has 3 aromatic rings. The number of thioether (sulfide) groups is 1. The molecule has 2 fully saturated rings. The molecular formula is C35H40Cl2F2N3O9S2+. The minimum Gasteiger partial charge on any atom is -0.495 e. The van der Waals surface area contributed by atoms with E-state index >= 15 is 0 Å². The molecule has 1 saturated carbocycles. The molecule has 1 aromatic heterocycles. The number of aromatic nitrogens is 1. The van der Waals surface area contributed by atoms with Crippen LogP contribution in [0.5, 0.6) is 17.2 Å². The summed E-state index contributed by atoms with van der Waals surface area (Å²) in [5, 5.41) is 0.0293. The van der Waals surface area contributed by atoms with E-state index in [9.17, 15) is 26.8 Å². The van der Waals surface area contributed by atoms with Crippen molar-refractivity contribution in [2.24, 2.45) is 5.92 Å². The number of benzene rings is 2. The van der Waals surface area contributed by atoms with Crippen molar-refractivity contribution in [2.75, 3.05) is 69.4 Å². The number of halogens is 4. The Labute approximate surface area is 321 Å². The van der Waals surface area contributed by atoms with Crippen molar-refractivity contribution in [3.05, 3.63) is 75.5 Å². The zero-order chi connectivity index (χ0) is 38.1. The lowest BCUT2D eigenvalue weighted by molar-refractivity contribution is -0.377. The Morgan fingerprint density at radius 1 is 1.06 bits per heavy atom. The molecule has 1 aliphatic carbocycles. The van der Waals surface area contributed by atoms with Crippen LogP contribution in [0.3, 0.4) is 0 Å². The first kappa shape index (κ1) is 40.8. The average molecular weight is 820 g/mol. The number of carbonyl (C=O) groups excluding carboxylic acids is 2. The largest absolute Gasteiger partial charge is 0.495 e. The Kier molecular flexibility index (Phi) is 14.4. The van der Waals surface area contributed by atoms with E-state index in [2.05, 4.69) is 14.6 Å². The maximum absolute atomic E-state index is 13.4. The van der Waals surface area contributed by atoms with Gasteiger partial charge in [-0.05, 0) is 54.7 Å². The third-order valence-electron chi connectivity index (χ3n) is 8.51. The average Bonchev–Trinajstić information content (AvgIpc) is 3.96. The van der Waals surface area contributed by atoms with Crippen molar-refractivity contribution >= 4 is 61.8 Å². The third-order valence-corrected chi connectivity index (χ3v) is 11.2. The van der Waals surface area contributed by atoms with Gasteiger partial charge in [-0.25, -0.2) is 13.4 Å². The molecule has 0 unspecified atom stereocenters. The van der Waals surface area contributed by atoms with E-state index < -0.39 is 39.6 Å². The topological polar surface area (TPSA) is 135 Å². The highest BCUT2D eigenvalue weighted by molar-refractivity contribution is 8.14. The summed E-state index contributed by atoms with van der Waals surface area (Å²) in [4.78, 5) is 31.7. The zero-order valence-electron chi connectivity index (χ0n) is 29.0. The van der Waals surface area contributed by atoms with E-state index in [-0.39, 0.29) is 51.5 Å². The molecule has 1 N–H and O–H groups in total. The smallest absolute Gasteiger partial charge is 0.387 e. The molecular weight excluding hydrogens is 779 g/mol. The number of ether oxygens (including phenoxy) is 5. The van der Waals surface area contributed by atoms with Gasteiger partial charge in [-0.1, -0.05) is 41.0 Å². The number of nitrogens with one attached hydrogen (secondary N) is 1. The fourth-order valence-electron chi connectivity index (χ4n) is 5.54. The van der Waals surface area contributed by atoms with E-state index in [4.69, 9.17) is 42.1 Å². The zero-order valence-corrected chi connectivity index (χ0v) is 32.2. The lowest BCUT2D eigenvalue weighted by Crippen LogP contribution is -2.43. The monoisotopic (exact) mass is 818 g/mol. The number of alkyl halides is 2. The van der Waals surface area contributed by atoms with Crippen molar-refractivity contribution in [2.45, 2.75) is 32.0 Å². The predicted octanol–water partition coefficient (Wildman–Crippen LogP) is 5.71. The van der Waals surface area contributed by atoms with Gasteiger partial charge in [0, 0.05) is 43.7 Å². The molecule has 1 atom stereocenters. The Morgan fingerprint density at radius 3 is 2.40 bits per heavy atom. The molecule has 0 radical (unpaired) electrons. The van der Waals surface area contributed by atoms with Crippen LogP contribution in [0.4, 0.5) is 14.5 Å². The summed E-state index contributed by atoms with van der Waals surface area (Å²) in [6.07, 6.45) is 5.01. The van der Waals surface area contributed by atoms with Crippen molar-refractivity contribution in [3.8, 4) is 17.2 Å². The second-order valence-electron chi connectivity index (χ2n) is 12.4. The summed E-state index contributed by atoms with van der Waals surface area (Å²) in [6, 6.07) is 8.66.